The lowest BCUT2D eigenvalue weighted by Gasteiger charge is -2.12. The molecule has 0 radical (unpaired) electrons. The lowest BCUT2D eigenvalue weighted by Crippen LogP contribution is -2.38. The molecular weight excluding hydrogens is 432 g/mol. The Bertz CT molecular complexity index is 665. The molecular formula is C19H25FIN3O. The van der Waals surface area contributed by atoms with Crippen LogP contribution in [-0.4, -0.2) is 26.2 Å². The molecule has 0 fully saturated rings. The van der Waals surface area contributed by atoms with Crippen molar-refractivity contribution in [3.63, 3.8) is 0 Å². The Balaban J connectivity index is 0.00000312. The Morgan fingerprint density at radius 3 is 2.52 bits per heavy atom. The number of nitrogens with one attached hydrogen (secondary N) is 2. The van der Waals surface area contributed by atoms with Crippen LogP contribution in [0, 0.1) is 12.7 Å². The summed E-state index contributed by atoms with van der Waals surface area (Å²) in [5.74, 6) is 0.478. The summed E-state index contributed by atoms with van der Waals surface area (Å²) in [6, 6.07) is 15.3. The molecule has 0 aliphatic heterocycles. The smallest absolute Gasteiger partial charge is 0.191 e. The summed E-state index contributed by atoms with van der Waals surface area (Å²) in [6.07, 6.45) is 0. The van der Waals surface area contributed by atoms with E-state index in [2.05, 4.69) is 15.6 Å². The summed E-state index contributed by atoms with van der Waals surface area (Å²) in [6.45, 7) is 4.09. The Labute approximate surface area is 165 Å². The van der Waals surface area contributed by atoms with Crippen molar-refractivity contribution in [2.75, 3.05) is 20.2 Å². The minimum absolute atomic E-state index is 0. The number of hydrogen-bond donors (Lipinski definition) is 2. The van der Waals surface area contributed by atoms with Crippen molar-refractivity contribution >= 4 is 29.9 Å². The van der Waals surface area contributed by atoms with Gasteiger partial charge in [0.1, 0.15) is 5.82 Å². The van der Waals surface area contributed by atoms with Crippen LogP contribution in [0.15, 0.2) is 53.5 Å². The molecule has 0 heterocycles. The second kappa shape index (κ2) is 11.8. The van der Waals surface area contributed by atoms with Crippen LogP contribution >= 0.6 is 24.0 Å². The van der Waals surface area contributed by atoms with Crippen LogP contribution in [0.2, 0.25) is 0 Å². The third-order valence-corrected chi connectivity index (χ3v) is 3.57. The first-order valence-electron chi connectivity index (χ1n) is 8.00. The topological polar surface area (TPSA) is 45.7 Å². The predicted molar refractivity (Wildman–Crippen MR) is 111 cm³/mol. The maximum atomic E-state index is 13.5. The van der Waals surface area contributed by atoms with Gasteiger partial charge in [-0.15, -0.1) is 24.0 Å². The number of aryl methyl sites for hydroxylation is 1. The molecule has 0 spiro atoms. The summed E-state index contributed by atoms with van der Waals surface area (Å²) >= 11 is 0. The molecule has 0 saturated heterocycles. The second-order valence-corrected chi connectivity index (χ2v) is 5.47. The Kier molecular flexibility index (Phi) is 10.1. The zero-order valence-corrected chi connectivity index (χ0v) is 16.9. The van der Waals surface area contributed by atoms with Gasteiger partial charge in [0.05, 0.1) is 13.2 Å². The number of nitrogens with zero attached hydrogens (tertiary/aromatic N) is 1. The van der Waals surface area contributed by atoms with Gasteiger partial charge in [0.25, 0.3) is 0 Å². The van der Waals surface area contributed by atoms with Gasteiger partial charge in [0.2, 0.25) is 0 Å². The van der Waals surface area contributed by atoms with E-state index >= 15 is 0 Å². The van der Waals surface area contributed by atoms with Crippen molar-refractivity contribution in [1.82, 2.24) is 10.6 Å². The van der Waals surface area contributed by atoms with E-state index in [1.165, 1.54) is 0 Å². The van der Waals surface area contributed by atoms with Gasteiger partial charge < -0.3 is 15.4 Å². The van der Waals surface area contributed by atoms with Crippen LogP contribution in [-0.2, 0) is 17.9 Å². The fraction of sp³-hybridized carbons (Fsp3) is 0.316. The summed E-state index contributed by atoms with van der Waals surface area (Å²) in [5, 5.41) is 6.33. The van der Waals surface area contributed by atoms with E-state index in [0.717, 1.165) is 11.1 Å². The highest BCUT2D eigenvalue weighted by atomic mass is 127. The number of halogens is 2. The van der Waals surface area contributed by atoms with Crippen molar-refractivity contribution in [1.29, 1.82) is 0 Å². The van der Waals surface area contributed by atoms with E-state index in [9.17, 15) is 4.39 Å². The molecule has 2 rings (SSSR count). The van der Waals surface area contributed by atoms with Crippen LogP contribution in [0.3, 0.4) is 0 Å². The van der Waals surface area contributed by atoms with E-state index in [-0.39, 0.29) is 29.8 Å². The van der Waals surface area contributed by atoms with Crippen molar-refractivity contribution in [3.05, 3.63) is 71.0 Å². The molecule has 0 saturated carbocycles. The molecule has 0 amide bonds. The van der Waals surface area contributed by atoms with Crippen molar-refractivity contribution < 1.29 is 9.13 Å². The van der Waals surface area contributed by atoms with Gasteiger partial charge in [0.15, 0.2) is 5.96 Å². The Morgan fingerprint density at radius 2 is 1.84 bits per heavy atom. The van der Waals surface area contributed by atoms with Gasteiger partial charge in [0, 0.05) is 20.1 Å². The summed E-state index contributed by atoms with van der Waals surface area (Å²) in [5.41, 5.74) is 2.68. The zero-order chi connectivity index (χ0) is 17.2. The largest absolute Gasteiger partial charge is 0.375 e. The molecule has 0 atom stereocenters. The Hall–Kier alpha value is -1.67. The highest BCUT2D eigenvalue weighted by Gasteiger charge is 2.01. The maximum absolute atomic E-state index is 13.5. The molecule has 2 aromatic carbocycles. The van der Waals surface area contributed by atoms with E-state index in [0.29, 0.717) is 37.8 Å². The van der Waals surface area contributed by atoms with Gasteiger partial charge in [-0.05, 0) is 29.7 Å². The number of rotatable bonds is 7. The fourth-order valence-corrected chi connectivity index (χ4v) is 2.16. The van der Waals surface area contributed by atoms with E-state index in [1.807, 2.05) is 36.4 Å². The molecule has 6 heteroatoms. The standard InChI is InChI=1S/C19H24FN3O.HI/c1-15-8-9-17(12-18(15)20)13-23-19(21-2)22-10-11-24-14-16-6-4-3-5-7-16;/h3-9,12H,10-11,13-14H2,1-2H3,(H2,21,22,23);1H. The molecule has 0 aromatic heterocycles. The number of guanidine groups is 1. The molecule has 4 nitrogen and oxygen atoms in total. The highest BCUT2D eigenvalue weighted by Crippen LogP contribution is 2.08. The molecule has 25 heavy (non-hydrogen) atoms. The third-order valence-electron chi connectivity index (χ3n) is 3.57. The first-order chi connectivity index (χ1) is 11.7. The van der Waals surface area contributed by atoms with Crippen molar-refractivity contribution in [2.24, 2.45) is 4.99 Å². The third kappa shape index (κ3) is 7.83. The average molecular weight is 457 g/mol. The number of benzene rings is 2. The van der Waals surface area contributed by atoms with Crippen molar-refractivity contribution in [2.45, 2.75) is 20.1 Å². The summed E-state index contributed by atoms with van der Waals surface area (Å²) in [4.78, 5) is 4.14. The normalized spacial score (nSPS) is 10.9. The maximum Gasteiger partial charge on any atom is 0.191 e. The predicted octanol–water partition coefficient (Wildman–Crippen LogP) is 3.63. The van der Waals surface area contributed by atoms with E-state index in [1.54, 1.807) is 26.1 Å². The molecule has 0 bridgehead atoms. The molecule has 0 aliphatic carbocycles. The first-order valence-corrected chi connectivity index (χ1v) is 8.00. The summed E-state index contributed by atoms with van der Waals surface area (Å²) < 4.78 is 19.1. The van der Waals surface area contributed by atoms with Crippen LogP contribution in [0.4, 0.5) is 4.39 Å². The van der Waals surface area contributed by atoms with E-state index in [4.69, 9.17) is 4.74 Å². The molecule has 0 unspecified atom stereocenters. The van der Waals surface area contributed by atoms with Gasteiger partial charge in [-0.3, -0.25) is 4.99 Å². The van der Waals surface area contributed by atoms with Crippen molar-refractivity contribution in [3.8, 4) is 0 Å². The Morgan fingerprint density at radius 1 is 1.08 bits per heavy atom. The zero-order valence-electron chi connectivity index (χ0n) is 14.6. The van der Waals surface area contributed by atoms with Crippen LogP contribution < -0.4 is 10.6 Å². The number of hydrogen-bond acceptors (Lipinski definition) is 2. The highest BCUT2D eigenvalue weighted by molar-refractivity contribution is 14.0. The molecule has 136 valence electrons. The summed E-state index contributed by atoms with van der Waals surface area (Å²) in [7, 11) is 1.70. The first kappa shape index (κ1) is 21.4. The van der Waals surface area contributed by atoms with Crippen LogP contribution in [0.5, 0.6) is 0 Å². The van der Waals surface area contributed by atoms with Crippen LogP contribution in [0.1, 0.15) is 16.7 Å². The van der Waals surface area contributed by atoms with E-state index < -0.39 is 0 Å². The van der Waals surface area contributed by atoms with Gasteiger partial charge in [-0.25, -0.2) is 4.39 Å². The molecule has 0 aliphatic rings. The van der Waals surface area contributed by atoms with Gasteiger partial charge >= 0.3 is 0 Å². The molecule has 2 N–H and O–H groups in total. The SMILES string of the molecule is CN=C(NCCOCc1ccccc1)NCc1ccc(C)c(F)c1.I. The number of aliphatic imine (C=N–C) groups is 1. The second-order valence-electron chi connectivity index (χ2n) is 5.47. The minimum Gasteiger partial charge on any atom is -0.375 e. The quantitative estimate of drug-likeness (QED) is 0.289. The van der Waals surface area contributed by atoms with Crippen LogP contribution in [0.25, 0.3) is 0 Å². The minimum atomic E-state index is -0.188. The van der Waals surface area contributed by atoms with Gasteiger partial charge in [-0.1, -0.05) is 42.5 Å². The number of ether oxygens (including phenoxy) is 1. The average Bonchev–Trinajstić information content (AvgIpc) is 2.61. The molecule has 2 aromatic rings. The lowest BCUT2D eigenvalue weighted by atomic mass is 10.1. The lowest BCUT2D eigenvalue weighted by molar-refractivity contribution is 0.125. The fourth-order valence-electron chi connectivity index (χ4n) is 2.16. The monoisotopic (exact) mass is 457 g/mol. The van der Waals surface area contributed by atoms with Gasteiger partial charge in [-0.2, -0.15) is 0 Å².